The van der Waals surface area contributed by atoms with Gasteiger partial charge >= 0.3 is 0 Å². The van der Waals surface area contributed by atoms with Crippen LogP contribution in [0.2, 0.25) is 0 Å². The van der Waals surface area contributed by atoms with Crippen molar-refractivity contribution in [2.24, 2.45) is 5.84 Å². The summed E-state index contributed by atoms with van der Waals surface area (Å²) in [4.78, 5) is 8.38. The van der Waals surface area contributed by atoms with Crippen LogP contribution in [0.25, 0.3) is 0 Å². The maximum Gasteiger partial charge on any atom is 0.148 e. The first-order valence-electron chi connectivity index (χ1n) is 5.89. The molecule has 0 saturated carbocycles. The zero-order valence-electron chi connectivity index (χ0n) is 10.6. The molecule has 0 saturated heterocycles. The summed E-state index contributed by atoms with van der Waals surface area (Å²) in [6, 6.07) is 8.07. The number of anilines is 3. The van der Waals surface area contributed by atoms with Crippen molar-refractivity contribution in [3.8, 4) is 0 Å². The lowest BCUT2D eigenvalue weighted by Gasteiger charge is -2.13. The molecular weight excluding hydrogens is 226 g/mol. The minimum absolute atomic E-state index is 0.656. The Hall–Kier alpha value is -2.14. The van der Waals surface area contributed by atoms with E-state index in [9.17, 15) is 0 Å². The van der Waals surface area contributed by atoms with E-state index in [4.69, 9.17) is 5.84 Å². The molecule has 5 nitrogen and oxygen atoms in total. The van der Waals surface area contributed by atoms with Crippen molar-refractivity contribution in [1.82, 2.24) is 9.97 Å². The average molecular weight is 243 g/mol. The van der Waals surface area contributed by atoms with Crippen LogP contribution in [-0.2, 0) is 6.42 Å². The van der Waals surface area contributed by atoms with Crippen molar-refractivity contribution in [3.05, 3.63) is 41.7 Å². The van der Waals surface area contributed by atoms with Gasteiger partial charge in [0.15, 0.2) is 0 Å². The molecule has 0 amide bonds. The first kappa shape index (κ1) is 12.3. The highest BCUT2D eigenvalue weighted by Gasteiger charge is 2.09. The molecule has 4 N–H and O–H groups in total. The zero-order chi connectivity index (χ0) is 13.0. The van der Waals surface area contributed by atoms with Gasteiger partial charge in [-0.15, -0.1) is 0 Å². The zero-order valence-corrected chi connectivity index (χ0v) is 10.6. The van der Waals surface area contributed by atoms with Crippen molar-refractivity contribution in [1.29, 1.82) is 0 Å². The Morgan fingerprint density at radius 2 is 1.89 bits per heavy atom. The molecule has 1 heterocycles. The van der Waals surface area contributed by atoms with Gasteiger partial charge < -0.3 is 10.7 Å². The normalized spacial score (nSPS) is 10.2. The molecule has 94 valence electrons. The topological polar surface area (TPSA) is 75.9 Å². The smallest absolute Gasteiger partial charge is 0.148 e. The van der Waals surface area contributed by atoms with Gasteiger partial charge in [0.25, 0.3) is 0 Å². The number of benzene rings is 1. The lowest BCUT2D eigenvalue weighted by Crippen LogP contribution is -2.13. The lowest BCUT2D eigenvalue weighted by atomic mass is 10.1. The number of para-hydroxylation sites is 1. The first-order chi connectivity index (χ1) is 8.76. The second-order valence-electron chi connectivity index (χ2n) is 3.99. The SMILES string of the molecule is CCc1c(NN)ncnc1Nc1ccccc1C. The predicted octanol–water partition coefficient (Wildman–Crippen LogP) is 2.38. The van der Waals surface area contributed by atoms with Crippen molar-refractivity contribution in [2.75, 3.05) is 10.7 Å². The number of nitrogens with one attached hydrogen (secondary N) is 2. The average Bonchev–Trinajstić information content (AvgIpc) is 2.41. The molecule has 0 aliphatic carbocycles. The van der Waals surface area contributed by atoms with Crippen molar-refractivity contribution in [3.63, 3.8) is 0 Å². The van der Waals surface area contributed by atoms with Crippen LogP contribution < -0.4 is 16.6 Å². The van der Waals surface area contributed by atoms with Crippen LogP contribution in [0.1, 0.15) is 18.1 Å². The van der Waals surface area contributed by atoms with Crippen LogP contribution in [-0.4, -0.2) is 9.97 Å². The van der Waals surface area contributed by atoms with E-state index in [1.807, 2.05) is 25.1 Å². The summed E-state index contributed by atoms with van der Waals surface area (Å²) in [7, 11) is 0. The molecule has 0 spiro atoms. The van der Waals surface area contributed by atoms with Gasteiger partial charge in [0.2, 0.25) is 0 Å². The van der Waals surface area contributed by atoms with Crippen LogP contribution in [0.4, 0.5) is 17.3 Å². The van der Waals surface area contributed by atoms with Gasteiger partial charge in [0, 0.05) is 11.3 Å². The number of rotatable bonds is 4. The third-order valence-corrected chi connectivity index (χ3v) is 2.83. The van der Waals surface area contributed by atoms with Crippen molar-refractivity contribution in [2.45, 2.75) is 20.3 Å². The van der Waals surface area contributed by atoms with Crippen LogP contribution >= 0.6 is 0 Å². The molecule has 0 atom stereocenters. The Balaban J connectivity index is 2.37. The summed E-state index contributed by atoms with van der Waals surface area (Å²) in [5.41, 5.74) is 5.77. The number of hydrazine groups is 1. The van der Waals surface area contributed by atoms with Gasteiger partial charge in [-0.2, -0.15) is 0 Å². The van der Waals surface area contributed by atoms with E-state index < -0.39 is 0 Å². The third kappa shape index (κ3) is 2.41. The maximum atomic E-state index is 5.45. The second kappa shape index (κ2) is 5.46. The Bertz CT molecular complexity index is 539. The van der Waals surface area contributed by atoms with Gasteiger partial charge in [-0.25, -0.2) is 15.8 Å². The van der Waals surface area contributed by atoms with Crippen LogP contribution in [0.5, 0.6) is 0 Å². The summed E-state index contributed by atoms with van der Waals surface area (Å²) in [6.45, 7) is 4.10. The molecule has 0 radical (unpaired) electrons. The van der Waals surface area contributed by atoms with Gasteiger partial charge in [0.1, 0.15) is 18.0 Å². The Morgan fingerprint density at radius 3 is 2.56 bits per heavy atom. The highest BCUT2D eigenvalue weighted by atomic mass is 15.3. The van der Waals surface area contributed by atoms with E-state index in [2.05, 4.69) is 33.7 Å². The molecular formula is C13H17N5. The fraction of sp³-hybridized carbons (Fsp3) is 0.231. The lowest BCUT2D eigenvalue weighted by molar-refractivity contribution is 1.04. The fourth-order valence-corrected chi connectivity index (χ4v) is 1.82. The Morgan fingerprint density at radius 1 is 1.17 bits per heavy atom. The van der Waals surface area contributed by atoms with Gasteiger partial charge in [-0.1, -0.05) is 25.1 Å². The van der Waals surface area contributed by atoms with Gasteiger partial charge in [-0.05, 0) is 25.0 Å². The maximum absolute atomic E-state index is 5.45. The molecule has 5 heteroatoms. The standard InChI is InChI=1S/C13H17N5/c1-3-10-12(15-8-16-13(10)18-14)17-11-7-5-4-6-9(11)2/h4-8H,3,14H2,1-2H3,(H2,15,16,17,18). The largest absolute Gasteiger partial charge is 0.340 e. The van der Waals surface area contributed by atoms with Gasteiger partial charge in [-0.3, -0.25) is 0 Å². The minimum Gasteiger partial charge on any atom is -0.340 e. The molecule has 0 unspecified atom stereocenters. The number of aryl methyl sites for hydroxylation is 1. The summed E-state index contributed by atoms with van der Waals surface area (Å²) >= 11 is 0. The highest BCUT2D eigenvalue weighted by Crippen LogP contribution is 2.24. The van der Waals surface area contributed by atoms with E-state index >= 15 is 0 Å². The second-order valence-corrected chi connectivity index (χ2v) is 3.99. The fourth-order valence-electron chi connectivity index (χ4n) is 1.82. The molecule has 1 aromatic heterocycles. The van der Waals surface area contributed by atoms with Crippen molar-refractivity contribution < 1.29 is 0 Å². The minimum atomic E-state index is 0.656. The molecule has 0 aliphatic heterocycles. The summed E-state index contributed by atoms with van der Waals surface area (Å²) < 4.78 is 0. The number of aromatic nitrogens is 2. The molecule has 18 heavy (non-hydrogen) atoms. The third-order valence-electron chi connectivity index (χ3n) is 2.83. The number of hydrogen-bond donors (Lipinski definition) is 3. The predicted molar refractivity (Wildman–Crippen MR) is 73.7 cm³/mol. The van der Waals surface area contributed by atoms with Gasteiger partial charge in [0.05, 0.1) is 0 Å². The first-order valence-corrected chi connectivity index (χ1v) is 5.89. The molecule has 1 aromatic carbocycles. The molecule has 2 aromatic rings. The summed E-state index contributed by atoms with van der Waals surface area (Å²) in [5, 5.41) is 3.32. The molecule has 2 rings (SSSR count). The monoisotopic (exact) mass is 243 g/mol. The van der Waals surface area contributed by atoms with Crippen LogP contribution in [0, 0.1) is 6.92 Å². The number of hydrogen-bond acceptors (Lipinski definition) is 5. The number of nitrogens with zero attached hydrogens (tertiary/aromatic N) is 2. The molecule has 0 fully saturated rings. The Kier molecular flexibility index (Phi) is 3.74. The summed E-state index contributed by atoms with van der Waals surface area (Å²) in [5.74, 6) is 6.89. The van der Waals surface area contributed by atoms with Crippen molar-refractivity contribution >= 4 is 17.3 Å². The van der Waals surface area contributed by atoms with E-state index in [1.165, 1.54) is 11.9 Å². The van der Waals surface area contributed by atoms with Crippen LogP contribution in [0.15, 0.2) is 30.6 Å². The van der Waals surface area contributed by atoms with E-state index in [-0.39, 0.29) is 0 Å². The molecule has 0 aliphatic rings. The van der Waals surface area contributed by atoms with E-state index in [1.54, 1.807) is 0 Å². The highest BCUT2D eigenvalue weighted by molar-refractivity contribution is 5.66. The quantitative estimate of drug-likeness (QED) is 0.568. The van der Waals surface area contributed by atoms with E-state index in [0.29, 0.717) is 5.82 Å². The summed E-state index contributed by atoms with van der Waals surface area (Å²) in [6.07, 6.45) is 2.30. The number of nitrogens with two attached hydrogens (primary N) is 1. The number of nitrogen functional groups attached to an aromatic ring is 1. The Labute approximate surface area is 106 Å². The van der Waals surface area contributed by atoms with Crippen LogP contribution in [0.3, 0.4) is 0 Å². The van der Waals surface area contributed by atoms with E-state index in [0.717, 1.165) is 23.5 Å². The molecule has 0 bridgehead atoms.